The molecule has 0 saturated carbocycles. The van der Waals surface area contributed by atoms with Crippen LogP contribution in [0.25, 0.3) is 0 Å². The van der Waals surface area contributed by atoms with Crippen molar-refractivity contribution in [1.82, 2.24) is 9.80 Å². The summed E-state index contributed by atoms with van der Waals surface area (Å²) in [6.07, 6.45) is 0.602. The molecule has 2 aromatic rings. The molecule has 1 fully saturated rings. The average Bonchev–Trinajstić information content (AvgIpc) is 2.95. The Bertz CT molecular complexity index is 936. The number of rotatable bonds is 3. The van der Waals surface area contributed by atoms with E-state index in [1.54, 1.807) is 34.1 Å². The van der Waals surface area contributed by atoms with Crippen LogP contribution < -0.4 is 5.32 Å². The van der Waals surface area contributed by atoms with Gasteiger partial charge in [0.25, 0.3) is 11.6 Å². The van der Waals surface area contributed by atoms with E-state index in [4.69, 9.17) is 23.2 Å². The number of nitrogens with zero attached hydrogens (tertiary/aromatic N) is 3. The Morgan fingerprint density at radius 3 is 2.28 bits per heavy atom. The van der Waals surface area contributed by atoms with Crippen molar-refractivity contribution in [1.29, 1.82) is 0 Å². The summed E-state index contributed by atoms with van der Waals surface area (Å²) in [5, 5.41) is 14.3. The third-order valence-corrected chi connectivity index (χ3v) is 5.12. The maximum absolute atomic E-state index is 12.8. The first-order chi connectivity index (χ1) is 13.8. The summed E-state index contributed by atoms with van der Waals surface area (Å²) in [5.41, 5.74) is 0.665. The molecule has 1 aliphatic rings. The molecule has 1 saturated heterocycles. The number of hydrogen-bond donors (Lipinski definition) is 1. The fourth-order valence-corrected chi connectivity index (χ4v) is 3.40. The van der Waals surface area contributed by atoms with E-state index in [9.17, 15) is 19.7 Å². The summed E-state index contributed by atoms with van der Waals surface area (Å²) >= 11 is 11.9. The Kier molecular flexibility index (Phi) is 6.56. The average molecular weight is 437 g/mol. The predicted octanol–water partition coefficient (Wildman–Crippen LogP) is 4.28. The standard InChI is InChI=1S/C19H18Cl2N4O4/c20-13-2-4-14(5-3-13)22-19(27)24-9-1-8-23(10-11-24)18(26)16-7-6-15(25(28)29)12-17(16)21/h2-7,12H,1,8-11H2,(H,22,27). The lowest BCUT2D eigenvalue weighted by atomic mass is 10.1. The molecule has 3 rings (SSSR count). The first kappa shape index (κ1) is 20.9. The molecule has 0 unspecified atom stereocenters. The Morgan fingerprint density at radius 1 is 0.966 bits per heavy atom. The molecule has 0 aromatic heterocycles. The monoisotopic (exact) mass is 436 g/mol. The Morgan fingerprint density at radius 2 is 1.62 bits per heavy atom. The second kappa shape index (κ2) is 9.11. The van der Waals surface area contributed by atoms with Crippen molar-refractivity contribution in [2.45, 2.75) is 6.42 Å². The van der Waals surface area contributed by atoms with Crippen LogP contribution in [0.5, 0.6) is 0 Å². The van der Waals surface area contributed by atoms with E-state index >= 15 is 0 Å². The maximum Gasteiger partial charge on any atom is 0.321 e. The molecule has 3 amide bonds. The zero-order valence-electron chi connectivity index (χ0n) is 15.3. The third kappa shape index (κ3) is 5.16. The zero-order valence-corrected chi connectivity index (χ0v) is 16.8. The number of nitrogens with one attached hydrogen (secondary N) is 1. The highest BCUT2D eigenvalue weighted by Gasteiger charge is 2.25. The summed E-state index contributed by atoms with van der Waals surface area (Å²) in [7, 11) is 0. The molecule has 0 bridgehead atoms. The number of carbonyl (C=O) groups excluding carboxylic acids is 2. The van der Waals surface area contributed by atoms with Crippen LogP contribution in [0, 0.1) is 10.1 Å². The highest BCUT2D eigenvalue weighted by Crippen LogP contribution is 2.24. The smallest absolute Gasteiger partial charge is 0.321 e. The number of amides is 3. The van der Waals surface area contributed by atoms with Crippen LogP contribution in [0.3, 0.4) is 0 Å². The molecule has 10 heteroatoms. The lowest BCUT2D eigenvalue weighted by molar-refractivity contribution is -0.384. The topological polar surface area (TPSA) is 95.8 Å². The summed E-state index contributed by atoms with van der Waals surface area (Å²) < 4.78 is 0. The molecule has 0 atom stereocenters. The van der Waals surface area contributed by atoms with Crippen molar-refractivity contribution >= 4 is 46.5 Å². The van der Waals surface area contributed by atoms with E-state index < -0.39 is 4.92 Å². The molecule has 0 spiro atoms. The first-order valence-corrected chi connectivity index (χ1v) is 9.65. The number of nitro benzene ring substituents is 1. The SMILES string of the molecule is O=C(Nc1ccc(Cl)cc1)N1CCCN(C(=O)c2ccc([N+](=O)[O-])cc2Cl)CC1. The van der Waals surface area contributed by atoms with Gasteiger partial charge in [-0.3, -0.25) is 14.9 Å². The lowest BCUT2D eigenvalue weighted by Crippen LogP contribution is -2.39. The fraction of sp³-hybridized carbons (Fsp3) is 0.263. The van der Waals surface area contributed by atoms with Gasteiger partial charge in [-0.05, 0) is 36.8 Å². The summed E-state index contributed by atoms with van der Waals surface area (Å²) in [5.74, 6) is -0.315. The van der Waals surface area contributed by atoms with E-state index in [2.05, 4.69) is 5.32 Å². The largest absolute Gasteiger partial charge is 0.337 e. The van der Waals surface area contributed by atoms with Gasteiger partial charge in [-0.1, -0.05) is 23.2 Å². The van der Waals surface area contributed by atoms with Gasteiger partial charge in [0.1, 0.15) is 0 Å². The predicted molar refractivity (Wildman–Crippen MR) is 111 cm³/mol. The van der Waals surface area contributed by atoms with Crippen LogP contribution in [0.4, 0.5) is 16.2 Å². The number of nitro groups is 1. The van der Waals surface area contributed by atoms with Gasteiger partial charge in [0, 0.05) is 49.0 Å². The third-order valence-electron chi connectivity index (χ3n) is 4.56. The van der Waals surface area contributed by atoms with Crippen molar-refractivity contribution in [2.24, 2.45) is 0 Å². The molecule has 29 heavy (non-hydrogen) atoms. The number of non-ortho nitro benzene ring substituents is 1. The Hall–Kier alpha value is -2.84. The summed E-state index contributed by atoms with van der Waals surface area (Å²) in [4.78, 5) is 38.8. The first-order valence-electron chi connectivity index (χ1n) is 8.90. The number of hydrogen-bond acceptors (Lipinski definition) is 4. The van der Waals surface area contributed by atoms with Crippen LogP contribution in [-0.4, -0.2) is 52.8 Å². The highest BCUT2D eigenvalue weighted by molar-refractivity contribution is 6.34. The van der Waals surface area contributed by atoms with Gasteiger partial charge >= 0.3 is 6.03 Å². The second-order valence-corrected chi connectivity index (χ2v) is 7.33. The minimum Gasteiger partial charge on any atom is -0.337 e. The Balaban J connectivity index is 1.63. The maximum atomic E-state index is 12.8. The van der Waals surface area contributed by atoms with Crippen molar-refractivity contribution in [3.8, 4) is 0 Å². The number of anilines is 1. The number of carbonyl (C=O) groups is 2. The molecule has 1 heterocycles. The number of benzene rings is 2. The molecule has 0 radical (unpaired) electrons. The van der Waals surface area contributed by atoms with Gasteiger partial charge in [0.2, 0.25) is 0 Å². The summed E-state index contributed by atoms with van der Waals surface area (Å²) in [6.45, 7) is 1.64. The van der Waals surface area contributed by atoms with Gasteiger partial charge in [0.05, 0.1) is 15.5 Å². The molecule has 1 aliphatic heterocycles. The zero-order chi connectivity index (χ0) is 21.0. The second-order valence-electron chi connectivity index (χ2n) is 6.49. The Labute approximate surface area is 177 Å². The minimum atomic E-state index is -0.566. The van der Waals surface area contributed by atoms with Crippen LogP contribution in [-0.2, 0) is 0 Å². The van der Waals surface area contributed by atoms with Crippen LogP contribution in [0.15, 0.2) is 42.5 Å². The van der Waals surface area contributed by atoms with Crippen molar-refractivity contribution in [3.63, 3.8) is 0 Å². The van der Waals surface area contributed by atoms with E-state index in [1.807, 2.05) is 0 Å². The molecular formula is C19H18Cl2N4O4. The highest BCUT2D eigenvalue weighted by atomic mass is 35.5. The minimum absolute atomic E-state index is 0.0331. The molecular weight excluding hydrogens is 419 g/mol. The van der Waals surface area contributed by atoms with Crippen molar-refractivity contribution < 1.29 is 14.5 Å². The molecule has 8 nitrogen and oxygen atoms in total. The van der Waals surface area contributed by atoms with Gasteiger partial charge in [-0.25, -0.2) is 4.79 Å². The van der Waals surface area contributed by atoms with Gasteiger partial charge < -0.3 is 15.1 Å². The number of urea groups is 1. The van der Waals surface area contributed by atoms with Crippen LogP contribution in [0.1, 0.15) is 16.8 Å². The quantitative estimate of drug-likeness (QED) is 0.573. The molecule has 2 aromatic carbocycles. The lowest BCUT2D eigenvalue weighted by Gasteiger charge is -2.23. The van der Waals surface area contributed by atoms with E-state index in [-0.39, 0.29) is 28.2 Å². The van der Waals surface area contributed by atoms with Gasteiger partial charge in [-0.2, -0.15) is 0 Å². The molecule has 0 aliphatic carbocycles. The number of halogens is 2. The van der Waals surface area contributed by atoms with Crippen molar-refractivity contribution in [2.75, 3.05) is 31.5 Å². The van der Waals surface area contributed by atoms with Gasteiger partial charge in [-0.15, -0.1) is 0 Å². The van der Waals surface area contributed by atoms with E-state index in [0.29, 0.717) is 43.3 Å². The van der Waals surface area contributed by atoms with Crippen molar-refractivity contribution in [3.05, 3.63) is 68.2 Å². The summed E-state index contributed by atoms with van der Waals surface area (Å²) in [6, 6.07) is 10.3. The fourth-order valence-electron chi connectivity index (χ4n) is 3.02. The van der Waals surface area contributed by atoms with E-state index in [0.717, 1.165) is 0 Å². The normalized spacial score (nSPS) is 14.3. The van der Waals surface area contributed by atoms with E-state index in [1.165, 1.54) is 18.2 Å². The van der Waals surface area contributed by atoms with Gasteiger partial charge in [0.15, 0.2) is 0 Å². The molecule has 152 valence electrons. The van der Waals surface area contributed by atoms with Crippen LogP contribution >= 0.6 is 23.2 Å². The van der Waals surface area contributed by atoms with Crippen LogP contribution in [0.2, 0.25) is 10.0 Å². The molecule has 1 N–H and O–H groups in total.